The van der Waals surface area contributed by atoms with E-state index in [0.29, 0.717) is 0 Å². The van der Waals surface area contributed by atoms with Crippen LogP contribution < -0.4 is 4.74 Å². The maximum Gasteiger partial charge on any atom is 0.127 e. The standard InChI is InChI=1S/C11H13O/c1-3-9-12-11-7-5-10(4-2)6-8-11/h4-7H,2-3,9H2,1H3. The number of hydrogen-bond acceptors (Lipinski definition) is 1. The molecule has 1 radical (unpaired) electrons. The lowest BCUT2D eigenvalue weighted by atomic mass is 10.2. The zero-order valence-electron chi connectivity index (χ0n) is 7.34. The minimum Gasteiger partial charge on any atom is -0.493 e. The first-order chi connectivity index (χ1) is 5.86. The fraction of sp³-hybridized carbons (Fsp3) is 0.273. The predicted molar refractivity (Wildman–Crippen MR) is 51.2 cm³/mol. The maximum atomic E-state index is 5.36. The summed E-state index contributed by atoms with van der Waals surface area (Å²) in [5.41, 5.74) is 1.07. The fourth-order valence-electron chi connectivity index (χ4n) is 0.851. The minimum atomic E-state index is 0.754. The third kappa shape index (κ3) is 2.42. The van der Waals surface area contributed by atoms with Gasteiger partial charge in [-0.25, -0.2) is 0 Å². The molecule has 63 valence electrons. The van der Waals surface area contributed by atoms with Crippen molar-refractivity contribution in [1.29, 1.82) is 0 Å². The zero-order valence-corrected chi connectivity index (χ0v) is 7.34. The molecule has 0 atom stereocenters. The molecule has 0 N–H and O–H groups in total. The largest absolute Gasteiger partial charge is 0.493 e. The Balaban J connectivity index is 2.58. The van der Waals surface area contributed by atoms with E-state index in [1.807, 2.05) is 18.2 Å². The number of ether oxygens (including phenoxy) is 1. The minimum absolute atomic E-state index is 0.754. The number of benzene rings is 1. The first-order valence-electron chi connectivity index (χ1n) is 4.13. The smallest absolute Gasteiger partial charge is 0.127 e. The van der Waals surface area contributed by atoms with E-state index in [0.717, 1.165) is 24.3 Å². The van der Waals surface area contributed by atoms with Crippen LogP contribution in [0.1, 0.15) is 18.9 Å². The third-order valence-electron chi connectivity index (χ3n) is 1.51. The van der Waals surface area contributed by atoms with Gasteiger partial charge in [0, 0.05) is 6.07 Å². The number of hydrogen-bond donors (Lipinski definition) is 0. The van der Waals surface area contributed by atoms with Crippen LogP contribution in [-0.4, -0.2) is 6.61 Å². The molecule has 12 heavy (non-hydrogen) atoms. The molecular formula is C11H13O. The van der Waals surface area contributed by atoms with Crippen molar-refractivity contribution < 1.29 is 4.74 Å². The lowest BCUT2D eigenvalue weighted by molar-refractivity contribution is 0.317. The van der Waals surface area contributed by atoms with E-state index in [2.05, 4.69) is 19.6 Å². The summed E-state index contributed by atoms with van der Waals surface area (Å²) in [4.78, 5) is 0. The highest BCUT2D eigenvalue weighted by Crippen LogP contribution is 2.11. The van der Waals surface area contributed by atoms with Crippen molar-refractivity contribution >= 4 is 6.08 Å². The Kier molecular flexibility index (Phi) is 3.39. The summed E-state index contributed by atoms with van der Waals surface area (Å²) in [5.74, 6) is 0.808. The Bertz CT molecular complexity index is 236. The summed E-state index contributed by atoms with van der Waals surface area (Å²) in [6, 6.07) is 8.78. The monoisotopic (exact) mass is 161 g/mol. The van der Waals surface area contributed by atoms with Gasteiger partial charge in [0.1, 0.15) is 5.75 Å². The molecule has 1 nitrogen and oxygen atoms in total. The summed E-state index contributed by atoms with van der Waals surface area (Å²) in [6.45, 7) is 6.50. The van der Waals surface area contributed by atoms with Crippen molar-refractivity contribution in [2.75, 3.05) is 6.61 Å². The summed E-state index contributed by atoms with van der Waals surface area (Å²) >= 11 is 0. The van der Waals surface area contributed by atoms with Crippen molar-refractivity contribution in [2.45, 2.75) is 13.3 Å². The van der Waals surface area contributed by atoms with Crippen molar-refractivity contribution in [2.24, 2.45) is 0 Å². The molecule has 1 aromatic rings. The third-order valence-corrected chi connectivity index (χ3v) is 1.51. The maximum absolute atomic E-state index is 5.36. The topological polar surface area (TPSA) is 9.23 Å². The van der Waals surface area contributed by atoms with Gasteiger partial charge in [0.15, 0.2) is 0 Å². The molecule has 0 unspecified atom stereocenters. The highest BCUT2D eigenvalue weighted by molar-refractivity contribution is 5.47. The second kappa shape index (κ2) is 4.60. The summed E-state index contributed by atoms with van der Waals surface area (Å²) in [6.07, 6.45) is 2.82. The Hall–Kier alpha value is -1.24. The Labute approximate surface area is 73.7 Å². The van der Waals surface area contributed by atoms with Gasteiger partial charge in [0.2, 0.25) is 0 Å². The summed E-state index contributed by atoms with van der Waals surface area (Å²) < 4.78 is 5.36. The first kappa shape index (κ1) is 8.85. The molecule has 0 aliphatic rings. The van der Waals surface area contributed by atoms with Gasteiger partial charge in [-0.1, -0.05) is 25.6 Å². The van der Waals surface area contributed by atoms with E-state index in [1.165, 1.54) is 0 Å². The molecule has 1 aromatic carbocycles. The van der Waals surface area contributed by atoms with Crippen LogP contribution in [0.3, 0.4) is 0 Å². The number of rotatable bonds is 4. The van der Waals surface area contributed by atoms with Gasteiger partial charge in [0.25, 0.3) is 0 Å². The van der Waals surface area contributed by atoms with Crippen LogP contribution in [0.25, 0.3) is 6.08 Å². The lowest BCUT2D eigenvalue weighted by Gasteiger charge is -2.02. The van der Waals surface area contributed by atoms with Gasteiger partial charge in [-0.3, -0.25) is 0 Å². The van der Waals surface area contributed by atoms with Crippen LogP contribution in [0.4, 0.5) is 0 Å². The molecule has 0 amide bonds. The van der Waals surface area contributed by atoms with Crippen molar-refractivity contribution in [3.8, 4) is 5.75 Å². The quantitative estimate of drug-likeness (QED) is 0.659. The molecule has 0 aliphatic heterocycles. The fourth-order valence-corrected chi connectivity index (χ4v) is 0.851. The molecule has 0 fully saturated rings. The molecule has 0 saturated heterocycles. The molecule has 0 bridgehead atoms. The van der Waals surface area contributed by atoms with E-state index >= 15 is 0 Å². The van der Waals surface area contributed by atoms with Gasteiger partial charge in [0.05, 0.1) is 6.61 Å². The van der Waals surface area contributed by atoms with E-state index in [-0.39, 0.29) is 0 Å². The lowest BCUT2D eigenvalue weighted by Crippen LogP contribution is -1.94. The zero-order chi connectivity index (χ0) is 8.81. The first-order valence-corrected chi connectivity index (χ1v) is 4.13. The Morgan fingerprint density at radius 3 is 2.92 bits per heavy atom. The average molecular weight is 161 g/mol. The Morgan fingerprint density at radius 1 is 1.58 bits per heavy atom. The second-order valence-electron chi connectivity index (χ2n) is 2.54. The van der Waals surface area contributed by atoms with Gasteiger partial charge >= 0.3 is 0 Å². The van der Waals surface area contributed by atoms with Gasteiger partial charge in [-0.15, -0.1) is 0 Å². The average Bonchev–Trinajstić information content (AvgIpc) is 2.15. The highest BCUT2D eigenvalue weighted by Gasteiger charge is 1.91. The van der Waals surface area contributed by atoms with Gasteiger partial charge in [-0.05, 0) is 24.1 Å². The molecule has 0 aromatic heterocycles. The summed E-state index contributed by atoms with van der Waals surface area (Å²) in [5, 5.41) is 0. The van der Waals surface area contributed by atoms with Gasteiger partial charge in [-0.2, -0.15) is 0 Å². The molecule has 0 heterocycles. The predicted octanol–water partition coefficient (Wildman–Crippen LogP) is 2.92. The van der Waals surface area contributed by atoms with Gasteiger partial charge < -0.3 is 4.74 Å². The molecule has 0 aliphatic carbocycles. The molecule has 0 spiro atoms. The van der Waals surface area contributed by atoms with Crippen molar-refractivity contribution in [1.82, 2.24) is 0 Å². The van der Waals surface area contributed by atoms with Crippen LogP contribution in [0.2, 0.25) is 0 Å². The highest BCUT2D eigenvalue weighted by atomic mass is 16.5. The molecular weight excluding hydrogens is 148 g/mol. The van der Waals surface area contributed by atoms with Crippen molar-refractivity contribution in [3.63, 3.8) is 0 Å². The van der Waals surface area contributed by atoms with Crippen molar-refractivity contribution in [3.05, 3.63) is 36.4 Å². The summed E-state index contributed by atoms with van der Waals surface area (Å²) in [7, 11) is 0. The van der Waals surface area contributed by atoms with E-state index in [9.17, 15) is 0 Å². The Morgan fingerprint density at radius 2 is 2.42 bits per heavy atom. The van der Waals surface area contributed by atoms with Crippen LogP contribution >= 0.6 is 0 Å². The van der Waals surface area contributed by atoms with E-state index in [4.69, 9.17) is 4.74 Å². The second-order valence-corrected chi connectivity index (χ2v) is 2.54. The SMILES string of the molecule is C=Cc1c[c]c(OCCC)cc1. The van der Waals surface area contributed by atoms with E-state index in [1.54, 1.807) is 6.08 Å². The molecule has 1 heteroatoms. The van der Waals surface area contributed by atoms with Crippen LogP contribution in [0, 0.1) is 6.07 Å². The van der Waals surface area contributed by atoms with Crippen LogP contribution in [-0.2, 0) is 0 Å². The van der Waals surface area contributed by atoms with E-state index < -0.39 is 0 Å². The molecule has 1 rings (SSSR count). The normalized spacial score (nSPS) is 9.42. The van der Waals surface area contributed by atoms with Crippen LogP contribution in [0.5, 0.6) is 5.75 Å². The molecule has 0 saturated carbocycles. The van der Waals surface area contributed by atoms with Crippen LogP contribution in [0.15, 0.2) is 24.8 Å².